The topological polar surface area (TPSA) is 51.4 Å². The lowest BCUT2D eigenvalue weighted by Gasteiger charge is -2.41. The van der Waals surface area contributed by atoms with Gasteiger partial charge in [-0.1, -0.05) is 0 Å². The fourth-order valence-electron chi connectivity index (χ4n) is 2.41. The molecule has 0 aliphatic carbocycles. The first kappa shape index (κ1) is 13.1. The van der Waals surface area contributed by atoms with Crippen LogP contribution >= 0.6 is 0 Å². The third kappa shape index (κ3) is 2.42. The van der Waals surface area contributed by atoms with E-state index in [9.17, 15) is 4.79 Å². The van der Waals surface area contributed by atoms with Gasteiger partial charge in [0.1, 0.15) is 5.82 Å². The van der Waals surface area contributed by atoms with E-state index < -0.39 is 5.54 Å². The van der Waals surface area contributed by atoms with Crippen LogP contribution in [0.1, 0.15) is 13.8 Å². The molecular formula is C13H22N4O. The molecule has 0 spiro atoms. The van der Waals surface area contributed by atoms with Gasteiger partial charge in [0.25, 0.3) is 0 Å². The summed E-state index contributed by atoms with van der Waals surface area (Å²) in [6, 6.07) is 3.81. The zero-order valence-corrected chi connectivity index (χ0v) is 11.4. The molecule has 2 heterocycles. The number of nitrogens with one attached hydrogen (secondary N) is 2. The molecule has 1 aliphatic heterocycles. The van der Waals surface area contributed by atoms with Gasteiger partial charge < -0.3 is 10.3 Å². The summed E-state index contributed by atoms with van der Waals surface area (Å²) in [5.74, 6) is 0.954. The van der Waals surface area contributed by atoms with Gasteiger partial charge in [-0.2, -0.15) is 0 Å². The summed E-state index contributed by atoms with van der Waals surface area (Å²) in [5.41, 5.74) is -0.470. The maximum absolute atomic E-state index is 12.6. The molecule has 1 aromatic rings. The van der Waals surface area contributed by atoms with E-state index >= 15 is 0 Å². The normalized spacial score (nSPS) is 17.7. The minimum atomic E-state index is -0.470. The van der Waals surface area contributed by atoms with Crippen molar-refractivity contribution >= 4 is 11.7 Å². The number of piperazine rings is 1. The Morgan fingerprint density at radius 1 is 1.39 bits per heavy atom. The number of aromatic nitrogens is 1. The molecule has 0 atom stereocenters. The molecule has 18 heavy (non-hydrogen) atoms. The Labute approximate surface area is 108 Å². The second kappa shape index (κ2) is 5.12. The van der Waals surface area contributed by atoms with Crippen LogP contribution in [-0.2, 0) is 4.79 Å². The summed E-state index contributed by atoms with van der Waals surface area (Å²) in [5, 5.41) is 3.31. The van der Waals surface area contributed by atoms with Crippen LogP contribution in [0.4, 0.5) is 5.82 Å². The Balaban J connectivity index is 2.11. The monoisotopic (exact) mass is 250 g/mol. The van der Waals surface area contributed by atoms with Crippen LogP contribution in [0.3, 0.4) is 0 Å². The van der Waals surface area contributed by atoms with Crippen LogP contribution in [0.15, 0.2) is 18.3 Å². The second-order valence-corrected chi connectivity index (χ2v) is 5.22. The van der Waals surface area contributed by atoms with E-state index in [-0.39, 0.29) is 5.91 Å². The highest BCUT2D eigenvalue weighted by molar-refractivity contribution is 5.98. The molecule has 0 saturated carbocycles. The maximum Gasteiger partial charge on any atom is 0.247 e. The number of hydrogen-bond donors (Lipinski definition) is 2. The average Bonchev–Trinajstić information content (AvgIpc) is 2.92. The van der Waals surface area contributed by atoms with Gasteiger partial charge in [-0.25, -0.2) is 0 Å². The van der Waals surface area contributed by atoms with Crippen molar-refractivity contribution in [1.29, 1.82) is 0 Å². The maximum atomic E-state index is 12.6. The number of H-pyrrole nitrogens is 1. The molecule has 2 N–H and O–H groups in total. The van der Waals surface area contributed by atoms with Crippen molar-refractivity contribution in [3.63, 3.8) is 0 Å². The fourth-order valence-corrected chi connectivity index (χ4v) is 2.41. The zero-order valence-electron chi connectivity index (χ0n) is 11.4. The molecule has 0 radical (unpaired) electrons. The number of aromatic amines is 1. The smallest absolute Gasteiger partial charge is 0.247 e. The molecule has 1 aliphatic rings. The molecule has 100 valence electrons. The molecule has 0 bridgehead atoms. The zero-order chi connectivity index (χ0) is 13.2. The van der Waals surface area contributed by atoms with E-state index in [2.05, 4.69) is 15.2 Å². The molecule has 5 nitrogen and oxygen atoms in total. The number of likely N-dealkylation sites (N-methyl/N-ethyl adjacent to an activating group) is 1. The Morgan fingerprint density at radius 2 is 2.06 bits per heavy atom. The summed E-state index contributed by atoms with van der Waals surface area (Å²) in [4.78, 5) is 19.6. The van der Waals surface area contributed by atoms with Crippen LogP contribution in [0.2, 0.25) is 0 Å². The van der Waals surface area contributed by atoms with Gasteiger partial charge in [-0.15, -0.1) is 0 Å². The highest BCUT2D eigenvalue weighted by Crippen LogP contribution is 2.20. The fraction of sp³-hybridized carbons (Fsp3) is 0.615. The van der Waals surface area contributed by atoms with Crippen LogP contribution < -0.4 is 10.2 Å². The summed E-state index contributed by atoms with van der Waals surface area (Å²) < 4.78 is 0. The van der Waals surface area contributed by atoms with Crippen molar-refractivity contribution in [3.05, 3.63) is 18.3 Å². The molecule has 1 aromatic heterocycles. The van der Waals surface area contributed by atoms with Crippen LogP contribution in [-0.4, -0.2) is 54.6 Å². The highest BCUT2D eigenvalue weighted by Gasteiger charge is 2.37. The Kier molecular flexibility index (Phi) is 3.73. The lowest BCUT2D eigenvalue weighted by atomic mass is 10.00. The van der Waals surface area contributed by atoms with E-state index in [1.165, 1.54) is 0 Å². The van der Waals surface area contributed by atoms with Crippen molar-refractivity contribution in [3.8, 4) is 0 Å². The summed E-state index contributed by atoms with van der Waals surface area (Å²) >= 11 is 0. The van der Waals surface area contributed by atoms with Crippen molar-refractivity contribution in [2.45, 2.75) is 19.4 Å². The molecular weight excluding hydrogens is 228 g/mol. The Bertz CT molecular complexity index is 393. The number of amides is 1. The molecule has 5 heteroatoms. The summed E-state index contributed by atoms with van der Waals surface area (Å²) in [6.45, 7) is 7.72. The third-order valence-electron chi connectivity index (χ3n) is 3.68. The van der Waals surface area contributed by atoms with Gasteiger partial charge in [0.15, 0.2) is 0 Å². The van der Waals surface area contributed by atoms with Crippen molar-refractivity contribution in [2.24, 2.45) is 0 Å². The SMILES string of the molecule is CN(C(=O)C(C)(C)N1CCNCC1)c1ccc[nH]1. The van der Waals surface area contributed by atoms with Crippen molar-refractivity contribution in [1.82, 2.24) is 15.2 Å². The first-order valence-corrected chi connectivity index (χ1v) is 6.41. The van der Waals surface area contributed by atoms with Gasteiger partial charge in [0.05, 0.1) is 5.54 Å². The van der Waals surface area contributed by atoms with E-state index in [4.69, 9.17) is 0 Å². The van der Waals surface area contributed by atoms with Crippen molar-refractivity contribution < 1.29 is 4.79 Å². The number of rotatable bonds is 3. The second-order valence-electron chi connectivity index (χ2n) is 5.22. The number of nitrogens with zero attached hydrogens (tertiary/aromatic N) is 2. The van der Waals surface area contributed by atoms with Gasteiger partial charge in [-0.05, 0) is 26.0 Å². The predicted octanol–water partition coefficient (Wildman–Crippen LogP) is 0.661. The molecule has 2 rings (SSSR count). The lowest BCUT2D eigenvalue weighted by molar-refractivity contribution is -0.129. The van der Waals surface area contributed by atoms with E-state index in [1.807, 2.05) is 39.2 Å². The summed E-state index contributed by atoms with van der Waals surface area (Å²) in [7, 11) is 1.82. The largest absolute Gasteiger partial charge is 0.348 e. The van der Waals surface area contributed by atoms with E-state index in [0.717, 1.165) is 32.0 Å². The highest BCUT2D eigenvalue weighted by atomic mass is 16.2. The van der Waals surface area contributed by atoms with Gasteiger partial charge in [-0.3, -0.25) is 14.6 Å². The first-order chi connectivity index (χ1) is 8.53. The number of hydrogen-bond acceptors (Lipinski definition) is 3. The number of carbonyl (C=O) groups excluding carboxylic acids is 1. The van der Waals surface area contributed by atoms with E-state index in [0.29, 0.717) is 0 Å². The van der Waals surface area contributed by atoms with Gasteiger partial charge in [0.2, 0.25) is 5.91 Å². The predicted molar refractivity (Wildman–Crippen MR) is 72.7 cm³/mol. The molecule has 0 aromatic carbocycles. The van der Waals surface area contributed by atoms with E-state index in [1.54, 1.807) is 4.90 Å². The number of anilines is 1. The Morgan fingerprint density at radius 3 is 2.61 bits per heavy atom. The molecule has 1 amide bonds. The lowest BCUT2D eigenvalue weighted by Crippen LogP contribution is -2.60. The average molecular weight is 250 g/mol. The molecule has 0 unspecified atom stereocenters. The molecule has 1 fully saturated rings. The number of carbonyl (C=O) groups is 1. The summed E-state index contributed by atoms with van der Waals surface area (Å²) in [6.07, 6.45) is 1.83. The quantitative estimate of drug-likeness (QED) is 0.828. The van der Waals surface area contributed by atoms with Gasteiger partial charge >= 0.3 is 0 Å². The minimum Gasteiger partial charge on any atom is -0.348 e. The van der Waals surface area contributed by atoms with Crippen LogP contribution in [0, 0.1) is 0 Å². The van der Waals surface area contributed by atoms with Crippen LogP contribution in [0.5, 0.6) is 0 Å². The van der Waals surface area contributed by atoms with Gasteiger partial charge in [0, 0.05) is 39.4 Å². The standard InChI is InChI=1S/C13H22N4O/c1-13(2,17-9-7-14-8-10-17)12(18)16(3)11-5-4-6-15-11/h4-6,14-15H,7-10H2,1-3H3. The Hall–Kier alpha value is -1.33. The van der Waals surface area contributed by atoms with Crippen molar-refractivity contribution in [2.75, 3.05) is 38.1 Å². The minimum absolute atomic E-state index is 0.117. The first-order valence-electron chi connectivity index (χ1n) is 6.41. The van der Waals surface area contributed by atoms with Crippen LogP contribution in [0.25, 0.3) is 0 Å². The molecule has 1 saturated heterocycles. The third-order valence-corrected chi connectivity index (χ3v) is 3.68.